The lowest BCUT2D eigenvalue weighted by atomic mass is 10.2. The van der Waals surface area contributed by atoms with Gasteiger partial charge in [0.05, 0.1) is 22.5 Å². The lowest BCUT2D eigenvalue weighted by Gasteiger charge is -2.19. The number of ether oxygens (including phenoxy) is 1. The van der Waals surface area contributed by atoms with Crippen molar-refractivity contribution in [3.8, 4) is 0 Å². The summed E-state index contributed by atoms with van der Waals surface area (Å²) in [6.45, 7) is 10.8. The standard InChI is InChI=1S/C18H23N3O2S/c1-11-7-6-8-13-14-16(24-15(11)13)12(2)20-21(14)10-9-19-17(22)23-18(3,4)5/h6-8H,9-10H2,1-5H3,(H,19,22). The van der Waals surface area contributed by atoms with Crippen molar-refractivity contribution in [2.45, 2.75) is 46.8 Å². The summed E-state index contributed by atoms with van der Waals surface area (Å²) in [7, 11) is 0. The second-order valence-corrected chi connectivity index (χ2v) is 7.99. The van der Waals surface area contributed by atoms with Crippen LogP contribution in [0.2, 0.25) is 0 Å². The second kappa shape index (κ2) is 6.09. The molecule has 1 N–H and O–H groups in total. The highest BCUT2D eigenvalue weighted by Gasteiger charge is 2.17. The number of rotatable bonds is 3. The minimum Gasteiger partial charge on any atom is -0.444 e. The molecule has 3 aromatic rings. The van der Waals surface area contributed by atoms with Gasteiger partial charge in [-0.15, -0.1) is 11.3 Å². The van der Waals surface area contributed by atoms with Gasteiger partial charge in [-0.2, -0.15) is 5.10 Å². The summed E-state index contributed by atoms with van der Waals surface area (Å²) in [6.07, 6.45) is -0.395. The number of nitrogens with one attached hydrogen (secondary N) is 1. The summed E-state index contributed by atoms with van der Waals surface area (Å²) >= 11 is 1.79. The first-order valence-corrected chi connectivity index (χ1v) is 8.90. The third-order valence-corrected chi connectivity index (χ3v) is 5.17. The predicted molar refractivity (Wildman–Crippen MR) is 98.8 cm³/mol. The van der Waals surface area contributed by atoms with E-state index in [1.165, 1.54) is 20.3 Å². The number of hydrogen-bond acceptors (Lipinski definition) is 4. The van der Waals surface area contributed by atoms with Crippen molar-refractivity contribution in [1.29, 1.82) is 0 Å². The summed E-state index contributed by atoms with van der Waals surface area (Å²) in [6, 6.07) is 6.35. The molecule has 6 heteroatoms. The van der Waals surface area contributed by atoms with Crippen molar-refractivity contribution in [2.24, 2.45) is 0 Å². The molecule has 128 valence electrons. The van der Waals surface area contributed by atoms with E-state index in [2.05, 4.69) is 35.5 Å². The molecule has 0 unspecified atom stereocenters. The third-order valence-electron chi connectivity index (χ3n) is 3.74. The van der Waals surface area contributed by atoms with E-state index in [0.29, 0.717) is 13.1 Å². The number of aryl methyl sites for hydroxylation is 2. The van der Waals surface area contributed by atoms with Gasteiger partial charge in [0.2, 0.25) is 0 Å². The number of thiophene rings is 1. The van der Waals surface area contributed by atoms with Gasteiger partial charge in [-0.25, -0.2) is 4.79 Å². The van der Waals surface area contributed by atoms with Gasteiger partial charge in [-0.1, -0.05) is 18.2 Å². The van der Waals surface area contributed by atoms with Gasteiger partial charge in [0.15, 0.2) is 0 Å². The molecule has 0 aliphatic heterocycles. The Hall–Kier alpha value is -2.08. The maximum absolute atomic E-state index is 11.8. The van der Waals surface area contributed by atoms with Crippen molar-refractivity contribution in [3.63, 3.8) is 0 Å². The summed E-state index contributed by atoms with van der Waals surface area (Å²) in [5, 5.41) is 8.66. The fourth-order valence-corrected chi connectivity index (χ4v) is 3.97. The highest BCUT2D eigenvalue weighted by molar-refractivity contribution is 7.26. The van der Waals surface area contributed by atoms with Gasteiger partial charge in [0.25, 0.3) is 0 Å². The highest BCUT2D eigenvalue weighted by Crippen LogP contribution is 2.37. The number of benzene rings is 1. The average molecular weight is 345 g/mol. The molecule has 0 spiro atoms. The number of alkyl carbamates (subject to hydrolysis) is 1. The van der Waals surface area contributed by atoms with E-state index < -0.39 is 11.7 Å². The molecule has 0 saturated heterocycles. The molecule has 3 rings (SSSR count). The van der Waals surface area contributed by atoms with Crippen LogP contribution in [-0.4, -0.2) is 28.0 Å². The molecule has 0 aliphatic carbocycles. The van der Waals surface area contributed by atoms with Crippen LogP contribution in [-0.2, 0) is 11.3 Å². The van der Waals surface area contributed by atoms with Crippen LogP contribution in [0.1, 0.15) is 32.0 Å². The van der Waals surface area contributed by atoms with Crippen molar-refractivity contribution in [2.75, 3.05) is 6.54 Å². The Bertz CT molecular complexity index is 902. The van der Waals surface area contributed by atoms with Gasteiger partial charge in [0, 0.05) is 16.6 Å². The Morgan fingerprint density at radius 1 is 1.29 bits per heavy atom. The molecule has 0 radical (unpaired) electrons. The molecule has 1 aromatic carbocycles. The summed E-state index contributed by atoms with van der Waals surface area (Å²) < 4.78 is 9.77. The van der Waals surface area contributed by atoms with Gasteiger partial charge < -0.3 is 10.1 Å². The first-order chi connectivity index (χ1) is 11.3. The fraction of sp³-hybridized carbons (Fsp3) is 0.444. The van der Waals surface area contributed by atoms with Crippen LogP contribution in [0.5, 0.6) is 0 Å². The van der Waals surface area contributed by atoms with Crippen LogP contribution in [0.15, 0.2) is 18.2 Å². The van der Waals surface area contributed by atoms with Crippen LogP contribution in [0.4, 0.5) is 4.79 Å². The predicted octanol–water partition coefficient (Wildman–Crippen LogP) is 4.39. The molecule has 24 heavy (non-hydrogen) atoms. The Morgan fingerprint density at radius 2 is 2.04 bits per heavy atom. The van der Waals surface area contributed by atoms with E-state index in [9.17, 15) is 4.79 Å². The van der Waals surface area contributed by atoms with Crippen molar-refractivity contribution in [1.82, 2.24) is 15.1 Å². The molecular weight excluding hydrogens is 322 g/mol. The number of amides is 1. The quantitative estimate of drug-likeness (QED) is 0.766. The lowest BCUT2D eigenvalue weighted by Crippen LogP contribution is -2.34. The van der Waals surface area contributed by atoms with Gasteiger partial charge in [0.1, 0.15) is 5.60 Å². The Labute approximate surface area is 145 Å². The maximum Gasteiger partial charge on any atom is 0.407 e. The van der Waals surface area contributed by atoms with E-state index in [0.717, 1.165) is 11.2 Å². The van der Waals surface area contributed by atoms with Gasteiger partial charge in [-0.3, -0.25) is 4.68 Å². The Balaban J connectivity index is 1.82. The van der Waals surface area contributed by atoms with Crippen molar-refractivity contribution in [3.05, 3.63) is 29.5 Å². The minimum absolute atomic E-state index is 0.395. The SMILES string of the molecule is Cc1cccc2c1sc1c(C)nn(CCNC(=O)OC(C)(C)C)c12. The van der Waals surface area contributed by atoms with E-state index in [1.54, 1.807) is 11.3 Å². The zero-order valence-electron chi connectivity index (χ0n) is 14.8. The van der Waals surface area contributed by atoms with E-state index in [4.69, 9.17) is 4.74 Å². The topological polar surface area (TPSA) is 56.2 Å². The second-order valence-electron chi connectivity index (χ2n) is 6.97. The normalized spacial score (nSPS) is 12.0. The lowest BCUT2D eigenvalue weighted by molar-refractivity contribution is 0.0526. The number of carbonyl (C=O) groups excluding carboxylic acids is 1. The molecule has 5 nitrogen and oxygen atoms in total. The van der Waals surface area contributed by atoms with E-state index in [1.807, 2.05) is 32.4 Å². The van der Waals surface area contributed by atoms with Gasteiger partial charge >= 0.3 is 6.09 Å². The zero-order chi connectivity index (χ0) is 17.5. The average Bonchev–Trinajstić information content (AvgIpc) is 2.97. The maximum atomic E-state index is 11.8. The number of hydrogen-bond donors (Lipinski definition) is 1. The molecule has 0 bridgehead atoms. The Morgan fingerprint density at radius 3 is 2.75 bits per heavy atom. The number of fused-ring (bicyclic) bond motifs is 3. The monoisotopic (exact) mass is 345 g/mol. The van der Waals surface area contributed by atoms with Crippen LogP contribution >= 0.6 is 11.3 Å². The van der Waals surface area contributed by atoms with Gasteiger partial charge in [-0.05, 0) is 40.2 Å². The van der Waals surface area contributed by atoms with Crippen molar-refractivity contribution >= 4 is 37.7 Å². The molecule has 0 aliphatic rings. The van der Waals surface area contributed by atoms with Crippen LogP contribution < -0.4 is 5.32 Å². The van der Waals surface area contributed by atoms with Crippen LogP contribution in [0.25, 0.3) is 20.3 Å². The first-order valence-electron chi connectivity index (χ1n) is 8.08. The third kappa shape index (κ3) is 3.24. The molecule has 2 heterocycles. The number of nitrogens with zero attached hydrogens (tertiary/aromatic N) is 2. The summed E-state index contributed by atoms with van der Waals surface area (Å²) in [5.41, 5.74) is 2.98. The minimum atomic E-state index is -0.485. The van der Waals surface area contributed by atoms with Crippen LogP contribution in [0, 0.1) is 13.8 Å². The largest absolute Gasteiger partial charge is 0.444 e. The number of carbonyl (C=O) groups is 1. The molecule has 0 saturated carbocycles. The Kier molecular flexibility index (Phi) is 4.25. The molecule has 1 amide bonds. The summed E-state index contributed by atoms with van der Waals surface area (Å²) in [5.74, 6) is 0. The zero-order valence-corrected chi connectivity index (χ0v) is 15.6. The van der Waals surface area contributed by atoms with Crippen LogP contribution in [0.3, 0.4) is 0 Å². The molecular formula is C18H23N3O2S. The summed E-state index contributed by atoms with van der Waals surface area (Å²) in [4.78, 5) is 11.8. The molecule has 0 fully saturated rings. The molecule has 0 atom stereocenters. The highest BCUT2D eigenvalue weighted by atomic mass is 32.1. The molecule has 2 aromatic heterocycles. The van der Waals surface area contributed by atoms with E-state index >= 15 is 0 Å². The smallest absolute Gasteiger partial charge is 0.407 e. The first kappa shape index (κ1) is 16.8. The number of aromatic nitrogens is 2. The fourth-order valence-electron chi connectivity index (χ4n) is 2.76. The van der Waals surface area contributed by atoms with Crippen molar-refractivity contribution < 1.29 is 9.53 Å². The van der Waals surface area contributed by atoms with E-state index in [-0.39, 0.29) is 0 Å².